The van der Waals surface area contributed by atoms with Crippen molar-refractivity contribution in [2.45, 2.75) is 26.9 Å². The largest absolute Gasteiger partial charge is 0.475 e. The van der Waals surface area contributed by atoms with Crippen LogP contribution in [0.3, 0.4) is 0 Å². The highest BCUT2D eigenvalue weighted by molar-refractivity contribution is 6.31. The highest BCUT2D eigenvalue weighted by Gasteiger charge is 2.01. The summed E-state index contributed by atoms with van der Waals surface area (Å²) in [6.07, 6.45) is 1.76. The molecule has 0 aromatic carbocycles. The summed E-state index contributed by atoms with van der Waals surface area (Å²) in [5.41, 5.74) is 0.988. The van der Waals surface area contributed by atoms with E-state index in [0.717, 1.165) is 5.56 Å². The fourth-order valence-electron chi connectivity index (χ4n) is 0.819. The van der Waals surface area contributed by atoms with Gasteiger partial charge in [-0.3, -0.25) is 0 Å². The highest BCUT2D eigenvalue weighted by atomic mass is 35.5. The van der Waals surface area contributed by atoms with E-state index in [2.05, 4.69) is 4.98 Å². The average molecular weight is 186 g/mol. The maximum absolute atomic E-state index is 5.80. The minimum absolute atomic E-state index is 0.151. The number of ether oxygens (including phenoxy) is 1. The first-order chi connectivity index (χ1) is 5.59. The zero-order valence-corrected chi connectivity index (χ0v) is 8.22. The second-order valence-corrected chi connectivity index (χ2v) is 3.35. The van der Waals surface area contributed by atoms with Crippen molar-refractivity contribution in [1.29, 1.82) is 0 Å². The Kier molecular flexibility index (Phi) is 2.93. The summed E-state index contributed by atoms with van der Waals surface area (Å²) in [4.78, 5) is 4.03. The molecule has 1 aromatic heterocycles. The molecule has 12 heavy (non-hydrogen) atoms. The van der Waals surface area contributed by atoms with Gasteiger partial charge in [-0.05, 0) is 26.3 Å². The highest BCUT2D eigenvalue weighted by Crippen LogP contribution is 2.18. The normalized spacial score (nSPS) is 10.4. The molecular formula is C9H12ClNO. The quantitative estimate of drug-likeness (QED) is 0.707. The van der Waals surface area contributed by atoms with Crippen LogP contribution in [0.1, 0.15) is 19.4 Å². The fourth-order valence-corrected chi connectivity index (χ4v) is 0.923. The molecule has 0 saturated heterocycles. The van der Waals surface area contributed by atoms with Gasteiger partial charge < -0.3 is 4.74 Å². The van der Waals surface area contributed by atoms with Gasteiger partial charge in [-0.25, -0.2) is 4.98 Å². The Balaban J connectivity index is 2.82. The number of nitrogens with zero attached hydrogens (tertiary/aromatic N) is 1. The molecule has 2 nitrogen and oxygen atoms in total. The lowest BCUT2D eigenvalue weighted by atomic mass is 10.3. The minimum atomic E-state index is 0.151. The molecule has 0 amide bonds. The molecule has 0 aliphatic carbocycles. The van der Waals surface area contributed by atoms with Crippen LogP contribution in [-0.2, 0) is 0 Å². The third-order valence-electron chi connectivity index (χ3n) is 1.38. The van der Waals surface area contributed by atoms with Crippen molar-refractivity contribution >= 4 is 11.6 Å². The SMILES string of the molecule is Cc1cc(OC(C)C)ncc1Cl. The van der Waals surface area contributed by atoms with Crippen molar-refractivity contribution in [3.05, 3.63) is 22.8 Å². The van der Waals surface area contributed by atoms with E-state index in [1.54, 1.807) is 6.20 Å². The lowest BCUT2D eigenvalue weighted by molar-refractivity contribution is 0.232. The van der Waals surface area contributed by atoms with Crippen LogP contribution in [0, 0.1) is 6.92 Å². The van der Waals surface area contributed by atoms with Crippen LogP contribution < -0.4 is 4.74 Å². The predicted octanol–water partition coefficient (Wildman–Crippen LogP) is 2.83. The monoisotopic (exact) mass is 185 g/mol. The third kappa shape index (κ3) is 2.38. The molecule has 1 aromatic rings. The molecule has 0 atom stereocenters. The van der Waals surface area contributed by atoms with Gasteiger partial charge >= 0.3 is 0 Å². The van der Waals surface area contributed by atoms with E-state index in [4.69, 9.17) is 16.3 Å². The molecule has 0 unspecified atom stereocenters. The molecule has 0 saturated carbocycles. The van der Waals surface area contributed by atoms with Crippen LogP contribution in [0.15, 0.2) is 12.3 Å². The molecule has 0 bridgehead atoms. The second-order valence-electron chi connectivity index (χ2n) is 2.94. The number of aryl methyl sites for hydroxylation is 1. The Morgan fingerprint density at radius 2 is 2.17 bits per heavy atom. The summed E-state index contributed by atoms with van der Waals surface area (Å²) in [5.74, 6) is 0.631. The summed E-state index contributed by atoms with van der Waals surface area (Å²) >= 11 is 5.80. The summed E-state index contributed by atoms with van der Waals surface area (Å²) in [7, 11) is 0. The van der Waals surface area contributed by atoms with E-state index in [1.165, 1.54) is 0 Å². The van der Waals surface area contributed by atoms with Crippen LogP contribution in [-0.4, -0.2) is 11.1 Å². The maximum Gasteiger partial charge on any atom is 0.213 e. The molecule has 0 radical (unpaired) electrons. The standard InChI is InChI=1S/C9H12ClNO/c1-6(2)12-9-4-7(3)8(10)5-11-9/h4-6H,1-3H3. The van der Waals surface area contributed by atoms with Crippen LogP contribution in [0.2, 0.25) is 5.02 Å². The Bertz CT molecular complexity index is 273. The number of hydrogen-bond acceptors (Lipinski definition) is 2. The molecule has 0 aliphatic rings. The van der Waals surface area contributed by atoms with Gasteiger partial charge in [0.25, 0.3) is 0 Å². The zero-order valence-electron chi connectivity index (χ0n) is 7.47. The van der Waals surface area contributed by atoms with Gasteiger partial charge in [0, 0.05) is 12.3 Å². The number of halogens is 1. The Morgan fingerprint density at radius 1 is 1.50 bits per heavy atom. The van der Waals surface area contributed by atoms with Crippen LogP contribution >= 0.6 is 11.6 Å². The van der Waals surface area contributed by atoms with Crippen molar-refractivity contribution < 1.29 is 4.74 Å². The van der Waals surface area contributed by atoms with Gasteiger partial charge in [0.15, 0.2) is 0 Å². The number of aromatic nitrogens is 1. The number of rotatable bonds is 2. The first-order valence-corrected chi connectivity index (χ1v) is 4.26. The van der Waals surface area contributed by atoms with Gasteiger partial charge in [0.1, 0.15) is 0 Å². The molecule has 0 spiro atoms. The molecule has 0 N–H and O–H groups in total. The van der Waals surface area contributed by atoms with E-state index in [9.17, 15) is 0 Å². The third-order valence-corrected chi connectivity index (χ3v) is 1.77. The summed E-state index contributed by atoms with van der Waals surface area (Å²) in [5, 5.41) is 0.672. The molecular weight excluding hydrogens is 174 g/mol. The maximum atomic E-state index is 5.80. The van der Waals surface area contributed by atoms with E-state index in [1.807, 2.05) is 26.8 Å². The predicted molar refractivity (Wildman–Crippen MR) is 49.7 cm³/mol. The first-order valence-electron chi connectivity index (χ1n) is 3.88. The molecule has 0 aliphatic heterocycles. The van der Waals surface area contributed by atoms with Crippen molar-refractivity contribution in [3.63, 3.8) is 0 Å². The summed E-state index contributed by atoms with van der Waals surface area (Å²) in [6, 6.07) is 1.84. The second kappa shape index (κ2) is 3.76. The molecule has 0 fully saturated rings. The average Bonchev–Trinajstić information content (AvgIpc) is 1.96. The van der Waals surface area contributed by atoms with Gasteiger partial charge in [-0.15, -0.1) is 0 Å². The van der Waals surface area contributed by atoms with Crippen molar-refractivity contribution in [2.24, 2.45) is 0 Å². The van der Waals surface area contributed by atoms with Gasteiger partial charge in [-0.2, -0.15) is 0 Å². The van der Waals surface area contributed by atoms with E-state index in [0.29, 0.717) is 10.9 Å². The summed E-state index contributed by atoms with van der Waals surface area (Å²) < 4.78 is 5.38. The zero-order chi connectivity index (χ0) is 9.14. The van der Waals surface area contributed by atoms with Crippen LogP contribution in [0.5, 0.6) is 5.88 Å². The lowest BCUT2D eigenvalue weighted by Crippen LogP contribution is -2.06. The molecule has 66 valence electrons. The van der Waals surface area contributed by atoms with Crippen molar-refractivity contribution in [3.8, 4) is 5.88 Å². The lowest BCUT2D eigenvalue weighted by Gasteiger charge is -2.08. The Hall–Kier alpha value is -0.760. The number of pyridine rings is 1. The fraction of sp³-hybridized carbons (Fsp3) is 0.444. The first kappa shape index (κ1) is 9.33. The topological polar surface area (TPSA) is 22.1 Å². The van der Waals surface area contributed by atoms with Crippen molar-refractivity contribution in [2.75, 3.05) is 0 Å². The molecule has 1 heterocycles. The van der Waals surface area contributed by atoms with Crippen LogP contribution in [0.4, 0.5) is 0 Å². The van der Waals surface area contributed by atoms with E-state index < -0.39 is 0 Å². The molecule has 3 heteroatoms. The van der Waals surface area contributed by atoms with Gasteiger partial charge in [0.2, 0.25) is 5.88 Å². The van der Waals surface area contributed by atoms with Gasteiger partial charge in [-0.1, -0.05) is 11.6 Å². The minimum Gasteiger partial charge on any atom is -0.475 e. The van der Waals surface area contributed by atoms with E-state index >= 15 is 0 Å². The Labute approximate surface area is 77.5 Å². The van der Waals surface area contributed by atoms with Crippen molar-refractivity contribution in [1.82, 2.24) is 4.98 Å². The van der Waals surface area contributed by atoms with Crippen LogP contribution in [0.25, 0.3) is 0 Å². The van der Waals surface area contributed by atoms with Gasteiger partial charge in [0.05, 0.1) is 11.1 Å². The summed E-state index contributed by atoms with van der Waals surface area (Å²) in [6.45, 7) is 5.86. The molecule has 1 rings (SSSR count). The van der Waals surface area contributed by atoms with E-state index in [-0.39, 0.29) is 6.10 Å². The smallest absolute Gasteiger partial charge is 0.213 e. The Morgan fingerprint density at radius 3 is 2.67 bits per heavy atom. The number of hydrogen-bond donors (Lipinski definition) is 0.